The molecule has 0 radical (unpaired) electrons. The smallest absolute Gasteiger partial charge is 0.407 e. The van der Waals surface area contributed by atoms with Crippen LogP contribution < -0.4 is 10.6 Å². The molecule has 1 aromatic heterocycles. The van der Waals surface area contributed by atoms with Gasteiger partial charge in [-0.2, -0.15) is 5.10 Å². The molecule has 2 amide bonds. The molecule has 0 spiro atoms. The van der Waals surface area contributed by atoms with Gasteiger partial charge in [0.2, 0.25) is 5.91 Å². The van der Waals surface area contributed by atoms with E-state index in [-0.39, 0.29) is 12.5 Å². The minimum Gasteiger partial charge on any atom is -0.481 e. The van der Waals surface area contributed by atoms with Crippen LogP contribution in [0.15, 0.2) is 60.9 Å². The number of hydrogen-bond acceptors (Lipinski definition) is 6. The molecule has 0 fully saturated rings. The first-order valence-electron chi connectivity index (χ1n) is 11.1. The van der Waals surface area contributed by atoms with Crippen molar-refractivity contribution in [3.8, 4) is 11.1 Å². The van der Waals surface area contributed by atoms with Crippen LogP contribution in [0.5, 0.6) is 0 Å². The summed E-state index contributed by atoms with van der Waals surface area (Å²) < 4.78 is 12.0. The molecule has 0 aliphatic heterocycles. The van der Waals surface area contributed by atoms with Gasteiger partial charge in [-0.3, -0.25) is 14.3 Å². The van der Waals surface area contributed by atoms with Crippen LogP contribution in [0.4, 0.5) is 10.5 Å². The fraction of sp³-hybridized carbons (Fsp3) is 0.280. The average Bonchev–Trinajstić information content (AvgIpc) is 3.42. The highest BCUT2D eigenvalue weighted by Crippen LogP contribution is 2.44. The van der Waals surface area contributed by atoms with Gasteiger partial charge in [-0.25, -0.2) is 4.79 Å². The predicted octanol–water partition coefficient (Wildman–Crippen LogP) is 2.85. The number of carbonyl (C=O) groups is 3. The Hall–Kier alpha value is -4.18. The number of carboxylic acids is 1. The number of aromatic nitrogens is 2. The second kappa shape index (κ2) is 10.8. The lowest BCUT2D eigenvalue weighted by Gasteiger charge is -2.18. The van der Waals surface area contributed by atoms with E-state index in [1.54, 1.807) is 18.0 Å². The molecule has 1 aliphatic carbocycles. The third-order valence-corrected chi connectivity index (χ3v) is 5.76. The Morgan fingerprint density at radius 1 is 1.09 bits per heavy atom. The maximum atomic E-state index is 12.7. The number of ether oxygens (including phenoxy) is 2. The summed E-state index contributed by atoms with van der Waals surface area (Å²) in [6.45, 7) is 0.983. The van der Waals surface area contributed by atoms with Crippen molar-refractivity contribution in [2.45, 2.75) is 24.9 Å². The number of carbonyl (C=O) groups excluding carboxylic acids is 2. The minimum absolute atomic E-state index is 0.0491. The van der Waals surface area contributed by atoms with Gasteiger partial charge < -0.3 is 25.2 Å². The molecule has 1 aliphatic rings. The molecule has 10 nitrogen and oxygen atoms in total. The SMILES string of the molecule is COCCn1cc(NC(=O)C(CC(=O)O)NC(=O)OCC2c3ccccc3-c3ccccc32)cn1. The predicted molar refractivity (Wildman–Crippen MR) is 127 cm³/mol. The first kappa shape index (κ1) is 24.0. The van der Waals surface area contributed by atoms with Crippen LogP contribution in [0.25, 0.3) is 11.1 Å². The third-order valence-electron chi connectivity index (χ3n) is 5.76. The molecule has 1 atom stereocenters. The molecule has 0 saturated heterocycles. The molecule has 4 rings (SSSR count). The molecule has 35 heavy (non-hydrogen) atoms. The van der Waals surface area contributed by atoms with Crippen molar-refractivity contribution in [2.75, 3.05) is 25.6 Å². The summed E-state index contributed by atoms with van der Waals surface area (Å²) in [7, 11) is 1.57. The first-order chi connectivity index (χ1) is 17.0. The highest BCUT2D eigenvalue weighted by atomic mass is 16.5. The molecule has 2 aromatic carbocycles. The molecule has 3 aromatic rings. The van der Waals surface area contributed by atoms with Crippen molar-refractivity contribution >= 4 is 23.7 Å². The Kier molecular flexibility index (Phi) is 7.41. The fourth-order valence-corrected chi connectivity index (χ4v) is 4.13. The van der Waals surface area contributed by atoms with Crippen LogP contribution in [0, 0.1) is 0 Å². The average molecular weight is 479 g/mol. The number of fused-ring (bicyclic) bond motifs is 3. The van der Waals surface area contributed by atoms with Crippen LogP contribution in [0.1, 0.15) is 23.5 Å². The molecular weight excluding hydrogens is 452 g/mol. The molecule has 1 unspecified atom stereocenters. The van der Waals surface area contributed by atoms with Crippen molar-refractivity contribution in [3.63, 3.8) is 0 Å². The van der Waals surface area contributed by atoms with Crippen LogP contribution >= 0.6 is 0 Å². The largest absolute Gasteiger partial charge is 0.481 e. The number of rotatable bonds is 10. The number of aliphatic carboxylic acids is 1. The lowest BCUT2D eigenvalue weighted by molar-refractivity contribution is -0.139. The quantitative estimate of drug-likeness (QED) is 0.408. The van der Waals surface area contributed by atoms with E-state index in [1.165, 1.54) is 6.20 Å². The van der Waals surface area contributed by atoms with E-state index in [0.29, 0.717) is 18.8 Å². The molecular formula is C25H26N4O6. The zero-order valence-corrected chi connectivity index (χ0v) is 19.1. The van der Waals surface area contributed by atoms with E-state index in [2.05, 4.69) is 15.7 Å². The molecule has 0 bridgehead atoms. The number of amides is 2. The summed E-state index contributed by atoms with van der Waals surface area (Å²) in [5, 5.41) is 18.3. The Morgan fingerprint density at radius 2 is 1.74 bits per heavy atom. The number of nitrogens with one attached hydrogen (secondary N) is 2. The number of hydrogen-bond donors (Lipinski definition) is 3. The standard InChI is InChI=1S/C25H26N4O6/c1-34-11-10-29-14-16(13-26-29)27-24(32)22(12-23(30)31)28-25(33)35-15-21-19-8-4-2-6-17(19)18-7-3-5-9-20(18)21/h2-9,13-14,21-22H,10-12,15H2,1H3,(H,27,32)(H,28,33)(H,30,31). The Labute approximate surface area is 201 Å². The number of benzene rings is 2. The number of anilines is 1. The molecule has 10 heteroatoms. The molecule has 1 heterocycles. The summed E-state index contributed by atoms with van der Waals surface area (Å²) in [5.74, 6) is -2.08. The highest BCUT2D eigenvalue weighted by molar-refractivity contribution is 5.98. The molecule has 182 valence electrons. The van der Waals surface area contributed by atoms with Gasteiger partial charge in [-0.05, 0) is 22.3 Å². The number of methoxy groups -OCH3 is 1. The maximum absolute atomic E-state index is 12.7. The van der Waals surface area contributed by atoms with Crippen molar-refractivity contribution in [3.05, 3.63) is 72.1 Å². The second-order valence-corrected chi connectivity index (χ2v) is 8.09. The summed E-state index contributed by atoms with van der Waals surface area (Å²) in [6, 6.07) is 14.5. The molecule has 3 N–H and O–H groups in total. The number of carboxylic acid groups (broad SMARTS) is 1. The lowest BCUT2D eigenvalue weighted by Crippen LogP contribution is -2.45. The zero-order valence-electron chi connectivity index (χ0n) is 19.1. The third kappa shape index (κ3) is 5.67. The van der Waals surface area contributed by atoms with Crippen LogP contribution in [-0.4, -0.2) is 59.2 Å². The van der Waals surface area contributed by atoms with Crippen LogP contribution in [0.2, 0.25) is 0 Å². The van der Waals surface area contributed by atoms with Gasteiger partial charge in [0.05, 0.1) is 31.5 Å². The topological polar surface area (TPSA) is 132 Å². The summed E-state index contributed by atoms with van der Waals surface area (Å²) in [6.07, 6.45) is 1.54. The van der Waals surface area contributed by atoms with E-state index in [9.17, 15) is 19.5 Å². The zero-order chi connectivity index (χ0) is 24.8. The van der Waals surface area contributed by atoms with E-state index < -0.39 is 30.4 Å². The van der Waals surface area contributed by atoms with Gasteiger partial charge in [-0.15, -0.1) is 0 Å². The van der Waals surface area contributed by atoms with E-state index in [1.807, 2.05) is 48.5 Å². The number of alkyl carbamates (subject to hydrolysis) is 1. The monoisotopic (exact) mass is 478 g/mol. The first-order valence-corrected chi connectivity index (χ1v) is 11.1. The van der Waals surface area contributed by atoms with Crippen molar-refractivity contribution in [2.24, 2.45) is 0 Å². The van der Waals surface area contributed by atoms with Gasteiger partial charge >= 0.3 is 12.1 Å². The highest BCUT2D eigenvalue weighted by Gasteiger charge is 2.30. The normalized spacial score (nSPS) is 12.9. The molecule has 0 saturated carbocycles. The summed E-state index contributed by atoms with van der Waals surface area (Å²) >= 11 is 0. The van der Waals surface area contributed by atoms with Gasteiger partial charge in [0.15, 0.2) is 0 Å². The maximum Gasteiger partial charge on any atom is 0.407 e. The Morgan fingerprint density at radius 3 is 2.37 bits per heavy atom. The van der Waals surface area contributed by atoms with E-state index in [4.69, 9.17) is 9.47 Å². The van der Waals surface area contributed by atoms with Crippen molar-refractivity contribution in [1.82, 2.24) is 15.1 Å². The van der Waals surface area contributed by atoms with Gasteiger partial charge in [0.1, 0.15) is 12.6 Å². The van der Waals surface area contributed by atoms with E-state index >= 15 is 0 Å². The minimum atomic E-state index is -1.33. The Balaban J connectivity index is 1.39. The van der Waals surface area contributed by atoms with Gasteiger partial charge in [0.25, 0.3) is 0 Å². The van der Waals surface area contributed by atoms with E-state index in [0.717, 1.165) is 22.3 Å². The van der Waals surface area contributed by atoms with Crippen LogP contribution in [-0.2, 0) is 25.6 Å². The van der Waals surface area contributed by atoms with Gasteiger partial charge in [0, 0.05) is 19.2 Å². The summed E-state index contributed by atoms with van der Waals surface area (Å²) in [4.78, 5) is 36.6. The van der Waals surface area contributed by atoms with Crippen molar-refractivity contribution in [1.29, 1.82) is 0 Å². The van der Waals surface area contributed by atoms with Crippen LogP contribution in [0.3, 0.4) is 0 Å². The fourth-order valence-electron chi connectivity index (χ4n) is 4.13. The van der Waals surface area contributed by atoms with Gasteiger partial charge in [-0.1, -0.05) is 48.5 Å². The Bertz CT molecular complexity index is 1180. The second-order valence-electron chi connectivity index (χ2n) is 8.09. The lowest BCUT2D eigenvalue weighted by atomic mass is 9.98. The number of nitrogens with zero attached hydrogens (tertiary/aromatic N) is 2. The van der Waals surface area contributed by atoms with Crippen molar-refractivity contribution < 1.29 is 29.0 Å². The summed E-state index contributed by atoms with van der Waals surface area (Å²) in [5.41, 5.74) is 4.65.